The summed E-state index contributed by atoms with van der Waals surface area (Å²) in [4.78, 5) is 18.5. The molecule has 0 aliphatic carbocycles. The molecule has 2 heterocycles. The highest BCUT2D eigenvalue weighted by atomic mass is 35.5. The molecular weight excluding hydrogens is 531 g/mol. The van der Waals surface area contributed by atoms with Gasteiger partial charge in [-0.05, 0) is 72.3 Å². The minimum absolute atomic E-state index is 0.328. The van der Waals surface area contributed by atoms with E-state index >= 15 is 0 Å². The van der Waals surface area contributed by atoms with E-state index < -0.39 is 0 Å². The van der Waals surface area contributed by atoms with Crippen LogP contribution in [0.25, 0.3) is 23.1 Å². The number of benzene rings is 3. The minimum atomic E-state index is 0.328. The van der Waals surface area contributed by atoms with Crippen molar-refractivity contribution in [3.8, 4) is 11.6 Å². The van der Waals surface area contributed by atoms with Crippen LogP contribution in [0.2, 0.25) is 10.0 Å². The number of aromatic nitrogens is 3. The number of ether oxygens (including phenoxy) is 1. The second-order valence-electron chi connectivity index (χ2n) is 8.32. The molecule has 2 aromatic heterocycles. The molecule has 0 aliphatic heterocycles. The Bertz CT molecular complexity index is 1650. The lowest BCUT2D eigenvalue weighted by molar-refractivity contribution is 0.306. The molecule has 0 saturated carbocycles. The summed E-state index contributed by atoms with van der Waals surface area (Å²) in [5.74, 6) is 1.07. The number of pyridine rings is 1. The van der Waals surface area contributed by atoms with Crippen LogP contribution >= 0.6 is 23.2 Å². The predicted octanol–water partition coefficient (Wildman–Crippen LogP) is 8.07. The molecule has 0 unspecified atom stereocenters. The molecule has 8 heteroatoms. The number of halogens is 2. The van der Waals surface area contributed by atoms with Crippen LogP contribution in [-0.2, 0) is 6.61 Å². The van der Waals surface area contributed by atoms with Gasteiger partial charge in [-0.1, -0.05) is 70.8 Å². The first-order valence-electron chi connectivity index (χ1n) is 12.0. The average Bonchev–Trinajstić information content (AvgIpc) is 2.97. The van der Waals surface area contributed by atoms with Gasteiger partial charge in [0.15, 0.2) is 0 Å². The lowest BCUT2D eigenvalue weighted by Gasteiger charge is -2.08. The molecule has 0 spiro atoms. The highest BCUT2D eigenvalue weighted by Gasteiger charge is 2.06. The quantitative estimate of drug-likeness (QED) is 0.136. The zero-order chi connectivity index (χ0) is 26.9. The Morgan fingerprint density at radius 3 is 2.46 bits per heavy atom. The van der Waals surface area contributed by atoms with Crippen LogP contribution in [-0.4, -0.2) is 20.7 Å². The van der Waals surface area contributed by atoms with E-state index in [1.165, 1.54) is 6.33 Å². The van der Waals surface area contributed by atoms with E-state index in [2.05, 4.69) is 20.1 Å². The van der Waals surface area contributed by atoms with E-state index in [4.69, 9.17) is 32.8 Å². The Balaban J connectivity index is 1.33. The summed E-state index contributed by atoms with van der Waals surface area (Å²) >= 11 is 12.3. The standard InChI is InChI=1S/C31H22Cl2N4O2/c32-24-11-17-28-30(19-24)35-21-36-31(28)39-37-26(14-13-25-6-3-4-18-34-25)12-8-22-9-15-27(16-10-22)38-20-23-5-1-2-7-29(23)33/h1-19,21H,20H2/b12-8+,14-13+,37-26-. The van der Waals surface area contributed by atoms with Crippen LogP contribution in [0.4, 0.5) is 0 Å². The maximum absolute atomic E-state index is 6.22. The first-order valence-corrected chi connectivity index (χ1v) is 12.8. The van der Waals surface area contributed by atoms with Gasteiger partial charge < -0.3 is 9.57 Å². The van der Waals surface area contributed by atoms with Crippen molar-refractivity contribution < 1.29 is 9.57 Å². The van der Waals surface area contributed by atoms with E-state index in [0.29, 0.717) is 39.1 Å². The zero-order valence-corrected chi connectivity index (χ0v) is 22.1. The fraction of sp³-hybridized carbons (Fsp3) is 0.0323. The molecule has 5 rings (SSSR count). The van der Waals surface area contributed by atoms with Gasteiger partial charge in [-0.15, -0.1) is 0 Å². The van der Waals surface area contributed by atoms with E-state index in [9.17, 15) is 0 Å². The molecule has 0 bridgehead atoms. The van der Waals surface area contributed by atoms with E-state index in [-0.39, 0.29) is 0 Å². The summed E-state index contributed by atoms with van der Waals surface area (Å²) in [6.45, 7) is 0.394. The lowest BCUT2D eigenvalue weighted by Crippen LogP contribution is -1.97. The topological polar surface area (TPSA) is 69.5 Å². The van der Waals surface area contributed by atoms with Crippen LogP contribution in [0.1, 0.15) is 16.8 Å². The van der Waals surface area contributed by atoms with Crippen LogP contribution in [0.15, 0.2) is 115 Å². The van der Waals surface area contributed by atoms with Gasteiger partial charge >= 0.3 is 0 Å². The second-order valence-corrected chi connectivity index (χ2v) is 9.16. The zero-order valence-electron chi connectivity index (χ0n) is 20.6. The van der Waals surface area contributed by atoms with E-state index in [0.717, 1.165) is 22.6 Å². The van der Waals surface area contributed by atoms with Crippen LogP contribution in [0.5, 0.6) is 11.6 Å². The molecule has 39 heavy (non-hydrogen) atoms. The normalized spacial score (nSPS) is 11.9. The van der Waals surface area contributed by atoms with E-state index in [1.54, 1.807) is 24.4 Å². The fourth-order valence-electron chi connectivity index (χ4n) is 3.57. The van der Waals surface area contributed by atoms with Gasteiger partial charge in [-0.25, -0.2) is 4.98 Å². The number of oxime groups is 1. The molecule has 5 aromatic rings. The summed E-state index contributed by atoms with van der Waals surface area (Å²) < 4.78 is 5.88. The van der Waals surface area contributed by atoms with Gasteiger partial charge in [-0.3, -0.25) is 4.98 Å². The Morgan fingerprint density at radius 1 is 0.821 bits per heavy atom. The first-order chi connectivity index (χ1) is 19.1. The molecule has 0 aliphatic rings. The molecule has 0 fully saturated rings. The van der Waals surface area contributed by atoms with Crippen molar-refractivity contribution in [2.24, 2.45) is 5.16 Å². The molecule has 0 saturated heterocycles. The van der Waals surface area contributed by atoms with Gasteiger partial charge in [0.25, 0.3) is 5.88 Å². The van der Waals surface area contributed by atoms with Gasteiger partial charge in [0.2, 0.25) is 0 Å². The summed E-state index contributed by atoms with van der Waals surface area (Å²) in [5, 5.41) is 6.31. The Morgan fingerprint density at radius 2 is 1.64 bits per heavy atom. The Kier molecular flexibility index (Phi) is 8.58. The third-order valence-electron chi connectivity index (χ3n) is 5.59. The smallest absolute Gasteiger partial charge is 0.259 e. The number of fused-ring (bicyclic) bond motifs is 1. The maximum atomic E-state index is 6.22. The Hall–Kier alpha value is -4.52. The first kappa shape index (κ1) is 26.1. The monoisotopic (exact) mass is 552 g/mol. The minimum Gasteiger partial charge on any atom is -0.489 e. The highest BCUT2D eigenvalue weighted by Crippen LogP contribution is 2.24. The molecule has 0 radical (unpaired) electrons. The largest absolute Gasteiger partial charge is 0.489 e. The van der Waals surface area contributed by atoms with Crippen molar-refractivity contribution in [1.82, 2.24) is 15.0 Å². The van der Waals surface area contributed by atoms with Crippen molar-refractivity contribution in [3.05, 3.63) is 136 Å². The van der Waals surface area contributed by atoms with Gasteiger partial charge in [0.05, 0.1) is 16.6 Å². The third-order valence-corrected chi connectivity index (χ3v) is 6.19. The molecule has 0 amide bonds. The molecule has 0 N–H and O–H groups in total. The van der Waals surface area contributed by atoms with Crippen molar-refractivity contribution >= 4 is 52.0 Å². The second kappa shape index (κ2) is 12.8. The third kappa shape index (κ3) is 7.29. The fourth-order valence-corrected chi connectivity index (χ4v) is 3.93. The van der Waals surface area contributed by atoms with Crippen LogP contribution in [0.3, 0.4) is 0 Å². The summed E-state index contributed by atoms with van der Waals surface area (Å²) in [7, 11) is 0. The maximum Gasteiger partial charge on any atom is 0.259 e. The van der Waals surface area contributed by atoms with Crippen molar-refractivity contribution in [3.63, 3.8) is 0 Å². The molecular formula is C31H22Cl2N4O2. The SMILES string of the molecule is Clc1ccc2c(O/N=C(/C=C/c3ccc(OCc4ccccc4Cl)cc3)\C=C\c3ccccn3)ncnc2c1. The van der Waals surface area contributed by atoms with Gasteiger partial charge in [0, 0.05) is 21.8 Å². The lowest BCUT2D eigenvalue weighted by atomic mass is 10.1. The number of rotatable bonds is 9. The van der Waals surface area contributed by atoms with Crippen molar-refractivity contribution in [2.45, 2.75) is 6.61 Å². The number of nitrogens with zero attached hydrogens (tertiary/aromatic N) is 4. The van der Waals surface area contributed by atoms with Crippen molar-refractivity contribution in [1.29, 1.82) is 0 Å². The molecule has 192 valence electrons. The molecule has 0 atom stereocenters. The van der Waals surface area contributed by atoms with Crippen molar-refractivity contribution in [2.75, 3.05) is 0 Å². The van der Waals surface area contributed by atoms with Crippen LogP contribution < -0.4 is 9.57 Å². The van der Waals surface area contributed by atoms with Crippen LogP contribution in [0, 0.1) is 0 Å². The van der Waals surface area contributed by atoms with Gasteiger partial charge in [0.1, 0.15) is 24.4 Å². The predicted molar refractivity (Wildman–Crippen MR) is 157 cm³/mol. The highest BCUT2D eigenvalue weighted by molar-refractivity contribution is 6.31. The summed E-state index contributed by atoms with van der Waals surface area (Å²) in [6, 6.07) is 26.4. The number of hydrogen-bond donors (Lipinski definition) is 0. The van der Waals surface area contributed by atoms with Gasteiger partial charge in [-0.2, -0.15) is 4.98 Å². The number of allylic oxidation sites excluding steroid dienone is 2. The molecule has 3 aromatic carbocycles. The molecule has 6 nitrogen and oxygen atoms in total. The Labute approximate surface area is 235 Å². The summed E-state index contributed by atoms with van der Waals surface area (Å²) in [6.07, 6.45) is 10.6. The average molecular weight is 553 g/mol. The number of hydrogen-bond acceptors (Lipinski definition) is 6. The summed E-state index contributed by atoms with van der Waals surface area (Å²) in [5.41, 5.74) is 3.91. The van der Waals surface area contributed by atoms with E-state index in [1.807, 2.05) is 91.0 Å².